The van der Waals surface area contributed by atoms with E-state index in [1.54, 1.807) is 0 Å². The van der Waals surface area contributed by atoms with Crippen LogP contribution in [-0.4, -0.2) is 31.3 Å². The van der Waals surface area contributed by atoms with Crippen molar-refractivity contribution in [3.63, 3.8) is 0 Å². The molecule has 0 spiro atoms. The summed E-state index contributed by atoms with van der Waals surface area (Å²) < 4.78 is 11.6. The molecule has 3 rings (SSSR count). The third-order valence-electron chi connectivity index (χ3n) is 4.31. The highest BCUT2D eigenvalue weighted by atomic mass is 32.2. The number of fused-ring (bicyclic) bond motifs is 1. The fourth-order valence-corrected chi connectivity index (χ4v) is 5.55. The Morgan fingerprint density at radius 3 is 2.48 bits per heavy atom. The van der Waals surface area contributed by atoms with Crippen LogP contribution < -0.4 is 4.74 Å². The van der Waals surface area contributed by atoms with Crippen molar-refractivity contribution >= 4 is 21.7 Å². The number of ether oxygens (including phenoxy) is 2. The standard InChI is InChI=1S/C20H27O2S/c1-2-3-12-21-13-14-22-19-10-11-20(23-15-6-7-16-23)18-9-5-4-8-17(18)19/h4-5,8-11H,2-3,6-7,12-16H2,1H3/q+1. The van der Waals surface area contributed by atoms with Crippen molar-refractivity contribution < 1.29 is 9.47 Å². The quantitative estimate of drug-likeness (QED) is 0.511. The van der Waals surface area contributed by atoms with Gasteiger partial charge in [0.1, 0.15) is 23.9 Å². The van der Waals surface area contributed by atoms with E-state index in [4.69, 9.17) is 9.47 Å². The summed E-state index contributed by atoms with van der Waals surface area (Å²) in [6, 6.07) is 13.1. The first-order valence-electron chi connectivity index (χ1n) is 8.80. The molecule has 0 N–H and O–H groups in total. The molecule has 1 saturated heterocycles. The lowest BCUT2D eigenvalue weighted by molar-refractivity contribution is 0.0985. The number of unbranched alkanes of at least 4 members (excludes halogenated alkanes) is 1. The van der Waals surface area contributed by atoms with Gasteiger partial charge < -0.3 is 9.47 Å². The first-order valence-corrected chi connectivity index (χ1v) is 10.4. The van der Waals surface area contributed by atoms with E-state index in [1.807, 2.05) is 0 Å². The minimum atomic E-state index is 0.435. The molecular formula is C20H27O2S+. The summed E-state index contributed by atoms with van der Waals surface area (Å²) in [6.07, 6.45) is 5.06. The highest BCUT2D eigenvalue weighted by Gasteiger charge is 2.29. The Morgan fingerprint density at radius 1 is 0.913 bits per heavy atom. The molecule has 3 heteroatoms. The van der Waals surface area contributed by atoms with E-state index in [2.05, 4.69) is 43.3 Å². The molecule has 2 nitrogen and oxygen atoms in total. The van der Waals surface area contributed by atoms with Gasteiger partial charge in [-0.05, 0) is 37.5 Å². The summed E-state index contributed by atoms with van der Waals surface area (Å²) in [7, 11) is 0.435. The Bertz CT molecular complexity index is 620. The first-order chi connectivity index (χ1) is 11.4. The molecular weight excluding hydrogens is 304 g/mol. The van der Waals surface area contributed by atoms with Gasteiger partial charge in [0.25, 0.3) is 0 Å². The fourth-order valence-electron chi connectivity index (χ4n) is 3.05. The highest BCUT2D eigenvalue weighted by Crippen LogP contribution is 2.34. The summed E-state index contributed by atoms with van der Waals surface area (Å²) in [5, 5.41) is 2.63. The van der Waals surface area contributed by atoms with Gasteiger partial charge >= 0.3 is 0 Å². The summed E-state index contributed by atoms with van der Waals surface area (Å²) in [5.41, 5.74) is 0. The lowest BCUT2D eigenvalue weighted by atomic mass is 10.1. The Kier molecular flexibility index (Phi) is 6.23. The molecule has 0 aliphatic carbocycles. The van der Waals surface area contributed by atoms with Crippen LogP contribution in [0.1, 0.15) is 32.6 Å². The number of hydrogen-bond donors (Lipinski definition) is 0. The molecule has 2 aromatic rings. The van der Waals surface area contributed by atoms with Crippen LogP contribution in [0.2, 0.25) is 0 Å². The molecule has 0 saturated carbocycles. The molecule has 1 aliphatic heterocycles. The van der Waals surface area contributed by atoms with Gasteiger partial charge in [-0.15, -0.1) is 0 Å². The number of benzene rings is 2. The van der Waals surface area contributed by atoms with Crippen LogP contribution >= 0.6 is 0 Å². The van der Waals surface area contributed by atoms with Crippen molar-refractivity contribution in [3.05, 3.63) is 36.4 Å². The summed E-state index contributed by atoms with van der Waals surface area (Å²) in [6.45, 7) is 4.31. The topological polar surface area (TPSA) is 18.5 Å². The van der Waals surface area contributed by atoms with Gasteiger partial charge in [-0.3, -0.25) is 0 Å². The average molecular weight is 332 g/mol. The van der Waals surface area contributed by atoms with Gasteiger partial charge in [0.05, 0.1) is 6.61 Å². The third-order valence-corrected chi connectivity index (χ3v) is 6.85. The lowest BCUT2D eigenvalue weighted by Gasteiger charge is -2.12. The van der Waals surface area contributed by atoms with Crippen molar-refractivity contribution in [2.45, 2.75) is 37.5 Å². The number of rotatable bonds is 8. The molecule has 2 aromatic carbocycles. The van der Waals surface area contributed by atoms with Crippen LogP contribution in [0.3, 0.4) is 0 Å². The molecule has 0 radical (unpaired) electrons. The van der Waals surface area contributed by atoms with Gasteiger partial charge in [0, 0.05) is 28.3 Å². The van der Waals surface area contributed by atoms with Crippen molar-refractivity contribution in [2.75, 3.05) is 31.3 Å². The molecule has 0 amide bonds. The average Bonchev–Trinajstić information content (AvgIpc) is 3.12. The predicted octanol–water partition coefficient (Wildman–Crippen LogP) is 4.81. The Labute approximate surface area is 142 Å². The van der Waals surface area contributed by atoms with Crippen LogP contribution in [0.25, 0.3) is 10.8 Å². The van der Waals surface area contributed by atoms with Gasteiger partial charge in [-0.2, -0.15) is 0 Å². The molecule has 0 bridgehead atoms. The van der Waals surface area contributed by atoms with Crippen molar-refractivity contribution in [2.24, 2.45) is 0 Å². The van der Waals surface area contributed by atoms with Crippen LogP contribution in [0.4, 0.5) is 0 Å². The normalized spacial score (nSPS) is 15.3. The smallest absolute Gasteiger partial charge is 0.162 e. The molecule has 23 heavy (non-hydrogen) atoms. The Hall–Kier alpha value is -1.19. The zero-order valence-electron chi connectivity index (χ0n) is 14.1. The van der Waals surface area contributed by atoms with Crippen LogP contribution in [0, 0.1) is 0 Å². The largest absolute Gasteiger partial charge is 0.491 e. The third kappa shape index (κ3) is 4.21. The number of hydrogen-bond acceptors (Lipinski definition) is 2. The molecule has 1 aliphatic rings. The van der Waals surface area contributed by atoms with E-state index in [9.17, 15) is 0 Å². The van der Waals surface area contributed by atoms with Crippen molar-refractivity contribution in [3.8, 4) is 5.75 Å². The Balaban J connectivity index is 1.70. The molecule has 1 heterocycles. The van der Waals surface area contributed by atoms with Crippen LogP contribution in [0.5, 0.6) is 5.75 Å². The van der Waals surface area contributed by atoms with Gasteiger partial charge in [0.2, 0.25) is 0 Å². The molecule has 1 fully saturated rings. The van der Waals surface area contributed by atoms with Crippen molar-refractivity contribution in [1.82, 2.24) is 0 Å². The van der Waals surface area contributed by atoms with E-state index in [-0.39, 0.29) is 0 Å². The predicted molar refractivity (Wildman–Crippen MR) is 99.8 cm³/mol. The monoisotopic (exact) mass is 331 g/mol. The maximum atomic E-state index is 6.00. The fraction of sp³-hybridized carbons (Fsp3) is 0.500. The maximum Gasteiger partial charge on any atom is 0.162 e. The van der Waals surface area contributed by atoms with E-state index >= 15 is 0 Å². The van der Waals surface area contributed by atoms with Gasteiger partial charge in [0.15, 0.2) is 4.90 Å². The van der Waals surface area contributed by atoms with Gasteiger partial charge in [-0.25, -0.2) is 0 Å². The minimum absolute atomic E-state index is 0.435. The molecule has 0 unspecified atom stereocenters. The van der Waals surface area contributed by atoms with Crippen molar-refractivity contribution in [1.29, 1.82) is 0 Å². The zero-order chi connectivity index (χ0) is 15.9. The SMILES string of the molecule is CCCCOCCOc1ccc([S+]2CCCC2)c2ccccc12. The molecule has 124 valence electrons. The van der Waals surface area contributed by atoms with Crippen LogP contribution in [0.15, 0.2) is 41.3 Å². The van der Waals surface area contributed by atoms with E-state index in [0.29, 0.717) is 24.1 Å². The molecule has 0 aromatic heterocycles. The van der Waals surface area contributed by atoms with E-state index in [0.717, 1.165) is 18.8 Å². The second kappa shape index (κ2) is 8.60. The second-order valence-electron chi connectivity index (χ2n) is 6.03. The summed E-state index contributed by atoms with van der Waals surface area (Å²) in [5.74, 6) is 3.71. The van der Waals surface area contributed by atoms with E-state index in [1.165, 1.54) is 46.4 Å². The molecule has 0 atom stereocenters. The minimum Gasteiger partial charge on any atom is -0.491 e. The van der Waals surface area contributed by atoms with E-state index < -0.39 is 0 Å². The summed E-state index contributed by atoms with van der Waals surface area (Å²) in [4.78, 5) is 1.53. The summed E-state index contributed by atoms with van der Waals surface area (Å²) >= 11 is 0. The zero-order valence-corrected chi connectivity index (χ0v) is 14.9. The first kappa shape index (κ1) is 16.7. The maximum absolute atomic E-state index is 6.00. The Morgan fingerprint density at radius 2 is 1.70 bits per heavy atom. The second-order valence-corrected chi connectivity index (χ2v) is 8.27. The van der Waals surface area contributed by atoms with Crippen LogP contribution in [-0.2, 0) is 15.6 Å². The lowest BCUT2D eigenvalue weighted by Crippen LogP contribution is -2.09. The highest BCUT2D eigenvalue weighted by molar-refractivity contribution is 7.97. The van der Waals surface area contributed by atoms with Gasteiger partial charge in [-0.1, -0.05) is 31.5 Å².